The van der Waals surface area contributed by atoms with Crippen molar-refractivity contribution in [1.82, 2.24) is 9.55 Å². The molecular formula is C10H19N3O. The summed E-state index contributed by atoms with van der Waals surface area (Å²) in [4.78, 5) is 4.09. The van der Waals surface area contributed by atoms with Gasteiger partial charge in [-0.3, -0.25) is 0 Å². The number of rotatable bonds is 5. The second kappa shape index (κ2) is 4.57. The van der Waals surface area contributed by atoms with Crippen LogP contribution in [0.3, 0.4) is 0 Å². The summed E-state index contributed by atoms with van der Waals surface area (Å²) < 4.78 is 7.32. The highest BCUT2D eigenvalue weighted by Crippen LogP contribution is 2.15. The number of aromatic nitrogens is 2. The average Bonchev–Trinajstić information content (AvgIpc) is 2.52. The minimum atomic E-state index is -0.345. The fourth-order valence-electron chi connectivity index (χ4n) is 1.34. The third-order valence-corrected chi connectivity index (χ3v) is 2.05. The molecule has 4 heteroatoms. The predicted molar refractivity (Wildman–Crippen MR) is 55.9 cm³/mol. The van der Waals surface area contributed by atoms with Crippen molar-refractivity contribution in [1.29, 1.82) is 0 Å². The van der Waals surface area contributed by atoms with Crippen molar-refractivity contribution in [2.45, 2.75) is 32.9 Å². The minimum absolute atomic E-state index is 0.345. The molecule has 2 N–H and O–H groups in total. The first kappa shape index (κ1) is 11.2. The molecule has 4 nitrogen and oxygen atoms in total. The fraction of sp³-hybridized carbons (Fsp3) is 0.700. The molecule has 0 aromatic carbocycles. The Balaban J connectivity index is 2.63. The van der Waals surface area contributed by atoms with E-state index in [1.54, 1.807) is 6.33 Å². The van der Waals surface area contributed by atoms with Crippen LogP contribution in [-0.4, -0.2) is 22.8 Å². The van der Waals surface area contributed by atoms with Gasteiger partial charge in [0.05, 0.1) is 24.2 Å². The van der Waals surface area contributed by atoms with Crippen molar-refractivity contribution in [2.75, 3.05) is 13.2 Å². The molecule has 0 aliphatic carbocycles. The van der Waals surface area contributed by atoms with Gasteiger partial charge in [0.2, 0.25) is 0 Å². The molecule has 1 heterocycles. The molecule has 0 aliphatic rings. The molecule has 0 atom stereocenters. The molecule has 1 rings (SSSR count). The van der Waals surface area contributed by atoms with Crippen molar-refractivity contribution in [3.63, 3.8) is 0 Å². The van der Waals surface area contributed by atoms with Gasteiger partial charge in [0.25, 0.3) is 0 Å². The normalized spacial score (nSPS) is 12.0. The lowest BCUT2D eigenvalue weighted by Crippen LogP contribution is -2.31. The van der Waals surface area contributed by atoms with Gasteiger partial charge in [-0.2, -0.15) is 0 Å². The lowest BCUT2D eigenvalue weighted by Gasteiger charge is -2.20. The average molecular weight is 197 g/mol. The maximum Gasteiger partial charge on any atom is 0.0949 e. The first-order chi connectivity index (χ1) is 6.55. The highest BCUT2D eigenvalue weighted by molar-refractivity contribution is 5.09. The molecule has 0 aliphatic heterocycles. The Labute approximate surface area is 85.1 Å². The predicted octanol–water partition coefficient (Wildman–Crippen LogP) is 1.11. The van der Waals surface area contributed by atoms with Crippen molar-refractivity contribution >= 4 is 0 Å². The van der Waals surface area contributed by atoms with Crippen LogP contribution in [0, 0.1) is 0 Å². The summed E-state index contributed by atoms with van der Waals surface area (Å²) >= 11 is 0. The summed E-state index contributed by atoms with van der Waals surface area (Å²) in [6.45, 7) is 8.19. The number of hydrogen-bond donors (Lipinski definition) is 1. The van der Waals surface area contributed by atoms with Crippen LogP contribution in [0.5, 0.6) is 0 Å². The Hall–Kier alpha value is -0.870. The summed E-state index contributed by atoms with van der Waals surface area (Å²) in [7, 11) is 0. The molecule has 0 spiro atoms. The SMILES string of the molecule is CCOCCn1cncc1C(C)(C)N. The van der Waals surface area contributed by atoms with Gasteiger partial charge in [0.15, 0.2) is 0 Å². The highest BCUT2D eigenvalue weighted by atomic mass is 16.5. The Morgan fingerprint density at radius 2 is 2.29 bits per heavy atom. The topological polar surface area (TPSA) is 53.1 Å². The minimum Gasteiger partial charge on any atom is -0.380 e. The van der Waals surface area contributed by atoms with Gasteiger partial charge in [-0.15, -0.1) is 0 Å². The molecule has 1 aromatic rings. The summed E-state index contributed by atoms with van der Waals surface area (Å²) in [5, 5.41) is 0. The quantitative estimate of drug-likeness (QED) is 0.719. The van der Waals surface area contributed by atoms with Crippen molar-refractivity contribution in [3.8, 4) is 0 Å². The summed E-state index contributed by atoms with van der Waals surface area (Å²) in [6, 6.07) is 0. The van der Waals surface area contributed by atoms with Crippen LogP contribution in [0.2, 0.25) is 0 Å². The maximum atomic E-state index is 6.00. The summed E-state index contributed by atoms with van der Waals surface area (Å²) in [5.74, 6) is 0. The fourth-order valence-corrected chi connectivity index (χ4v) is 1.34. The highest BCUT2D eigenvalue weighted by Gasteiger charge is 2.18. The Morgan fingerprint density at radius 1 is 1.57 bits per heavy atom. The zero-order valence-corrected chi connectivity index (χ0v) is 9.16. The second-order valence-corrected chi connectivity index (χ2v) is 3.89. The third-order valence-electron chi connectivity index (χ3n) is 2.05. The van der Waals surface area contributed by atoms with E-state index in [1.807, 2.05) is 31.5 Å². The van der Waals surface area contributed by atoms with Crippen LogP contribution in [0.4, 0.5) is 0 Å². The maximum absolute atomic E-state index is 6.00. The van der Waals surface area contributed by atoms with Crippen LogP contribution in [0.1, 0.15) is 26.5 Å². The van der Waals surface area contributed by atoms with E-state index in [0.29, 0.717) is 6.61 Å². The molecular weight excluding hydrogens is 178 g/mol. The molecule has 1 aromatic heterocycles. The van der Waals surface area contributed by atoms with Gasteiger partial charge in [0, 0.05) is 19.3 Å². The van der Waals surface area contributed by atoms with Gasteiger partial charge in [-0.05, 0) is 20.8 Å². The number of nitrogens with two attached hydrogens (primary N) is 1. The molecule has 80 valence electrons. The van der Waals surface area contributed by atoms with Crippen LogP contribution < -0.4 is 5.73 Å². The molecule has 0 bridgehead atoms. The summed E-state index contributed by atoms with van der Waals surface area (Å²) in [5.41, 5.74) is 6.70. The van der Waals surface area contributed by atoms with Crippen LogP contribution in [-0.2, 0) is 16.8 Å². The van der Waals surface area contributed by atoms with Crippen molar-refractivity contribution in [2.24, 2.45) is 5.73 Å². The zero-order valence-electron chi connectivity index (χ0n) is 9.16. The standard InChI is InChI=1S/C10H19N3O/c1-4-14-6-5-13-8-12-7-9(13)10(2,3)11/h7-8H,4-6,11H2,1-3H3. The number of imidazole rings is 1. The van der Waals surface area contributed by atoms with Gasteiger partial charge in [0.1, 0.15) is 0 Å². The number of ether oxygens (including phenoxy) is 1. The van der Waals surface area contributed by atoms with E-state index >= 15 is 0 Å². The van der Waals surface area contributed by atoms with E-state index < -0.39 is 0 Å². The Morgan fingerprint density at radius 3 is 2.86 bits per heavy atom. The monoisotopic (exact) mass is 197 g/mol. The number of hydrogen-bond acceptors (Lipinski definition) is 3. The number of nitrogens with zero attached hydrogens (tertiary/aromatic N) is 2. The first-order valence-corrected chi connectivity index (χ1v) is 4.93. The molecule has 0 fully saturated rings. The van der Waals surface area contributed by atoms with Crippen LogP contribution in [0.25, 0.3) is 0 Å². The van der Waals surface area contributed by atoms with Crippen molar-refractivity contribution in [3.05, 3.63) is 18.2 Å². The van der Waals surface area contributed by atoms with E-state index in [0.717, 1.165) is 18.8 Å². The molecule has 0 saturated heterocycles. The van der Waals surface area contributed by atoms with E-state index in [4.69, 9.17) is 10.5 Å². The van der Waals surface area contributed by atoms with E-state index in [1.165, 1.54) is 0 Å². The van der Waals surface area contributed by atoms with Gasteiger partial charge >= 0.3 is 0 Å². The second-order valence-electron chi connectivity index (χ2n) is 3.89. The molecule has 0 unspecified atom stereocenters. The molecule has 0 amide bonds. The first-order valence-electron chi connectivity index (χ1n) is 4.93. The zero-order chi connectivity index (χ0) is 10.6. The van der Waals surface area contributed by atoms with Crippen LogP contribution in [0.15, 0.2) is 12.5 Å². The molecule has 0 saturated carbocycles. The van der Waals surface area contributed by atoms with Gasteiger partial charge in [-0.1, -0.05) is 0 Å². The van der Waals surface area contributed by atoms with E-state index in [2.05, 4.69) is 4.98 Å². The van der Waals surface area contributed by atoms with Gasteiger partial charge < -0.3 is 15.0 Å². The van der Waals surface area contributed by atoms with E-state index in [9.17, 15) is 0 Å². The van der Waals surface area contributed by atoms with Crippen molar-refractivity contribution < 1.29 is 4.74 Å². The Bertz CT molecular complexity index is 275. The molecule has 14 heavy (non-hydrogen) atoms. The van der Waals surface area contributed by atoms with Gasteiger partial charge in [-0.25, -0.2) is 4.98 Å². The van der Waals surface area contributed by atoms with E-state index in [-0.39, 0.29) is 5.54 Å². The van der Waals surface area contributed by atoms with Crippen LogP contribution >= 0.6 is 0 Å². The Kier molecular flexibility index (Phi) is 3.66. The largest absolute Gasteiger partial charge is 0.380 e. The lowest BCUT2D eigenvalue weighted by molar-refractivity contribution is 0.137. The lowest BCUT2D eigenvalue weighted by atomic mass is 10.0. The molecule has 0 radical (unpaired) electrons. The summed E-state index contributed by atoms with van der Waals surface area (Å²) in [6.07, 6.45) is 3.61. The smallest absolute Gasteiger partial charge is 0.0949 e. The third kappa shape index (κ3) is 2.82.